The van der Waals surface area contributed by atoms with E-state index in [9.17, 15) is 0 Å². The van der Waals surface area contributed by atoms with E-state index < -0.39 is 0 Å². The van der Waals surface area contributed by atoms with E-state index in [1.165, 1.54) is 8.61 Å². The molecule has 0 aromatic heterocycles. The van der Waals surface area contributed by atoms with Crippen molar-refractivity contribution in [1.29, 1.82) is 0 Å². The number of rotatable bonds is 12. The molecule has 0 amide bonds. The van der Waals surface area contributed by atoms with Crippen molar-refractivity contribution in [1.82, 2.24) is 0 Å². The predicted molar refractivity (Wildman–Crippen MR) is 139 cm³/mol. The Kier molecular flexibility index (Phi) is 44.6. The summed E-state index contributed by atoms with van der Waals surface area (Å²) >= 11 is 0. The van der Waals surface area contributed by atoms with Gasteiger partial charge in [0.2, 0.25) is 0 Å². The first-order chi connectivity index (χ1) is 12.8. The van der Waals surface area contributed by atoms with Crippen molar-refractivity contribution < 1.29 is 37.0 Å². The quantitative estimate of drug-likeness (QED) is 0.181. The van der Waals surface area contributed by atoms with E-state index in [-0.39, 0.29) is 48.9 Å². The van der Waals surface area contributed by atoms with Gasteiger partial charge in [0.1, 0.15) is 31.9 Å². The third kappa shape index (κ3) is 122. The van der Waals surface area contributed by atoms with Crippen LogP contribution in [-0.2, 0) is 28.4 Å². The van der Waals surface area contributed by atoms with E-state index >= 15 is 0 Å². The minimum absolute atomic E-state index is 0. The number of ether oxygens (including phenoxy) is 6. The maximum absolute atomic E-state index is 5.06. The number of quaternary nitrogens is 2. The Morgan fingerprint density at radius 1 is 0.448 bits per heavy atom. The van der Waals surface area contributed by atoms with Crippen molar-refractivity contribution in [2.24, 2.45) is 0 Å². The molecule has 0 spiro atoms. The molecule has 0 radical (unpaired) electrons. The van der Waals surface area contributed by atoms with Crippen LogP contribution in [0.1, 0.15) is 0 Å². The van der Waals surface area contributed by atoms with Gasteiger partial charge in [0.05, 0.1) is 52.9 Å². The third-order valence-corrected chi connectivity index (χ3v) is 1.73. The summed E-state index contributed by atoms with van der Waals surface area (Å²) in [6.45, 7) is 5.24. The van der Waals surface area contributed by atoms with Crippen LogP contribution in [0.4, 0.5) is 0 Å². The number of hydrogen-bond donors (Lipinski definition) is 0. The van der Waals surface area contributed by atoms with Crippen LogP contribution in [0.5, 0.6) is 0 Å². The van der Waals surface area contributed by atoms with Crippen molar-refractivity contribution in [3.63, 3.8) is 0 Å². The summed E-state index contributed by atoms with van der Waals surface area (Å²) in [5.41, 5.74) is 0. The van der Waals surface area contributed by atoms with Gasteiger partial charge in [-0.25, -0.2) is 0 Å². The number of hydrogen-bond acceptors (Lipinski definition) is 6. The van der Waals surface area contributed by atoms with Crippen LogP contribution in [-0.4, -0.2) is 199 Å². The first-order valence-corrected chi connectivity index (χ1v) is 7.73. The second kappa shape index (κ2) is 31.7. The molecule has 0 heterocycles. The van der Waals surface area contributed by atoms with Crippen LogP contribution in [0.15, 0.2) is 0 Å². The molecule has 0 rings (SSSR count). The van der Waals surface area contributed by atoms with E-state index in [1.807, 2.05) is 0 Å². The maximum atomic E-state index is 5.06. The summed E-state index contributed by atoms with van der Waals surface area (Å²) in [5, 5.41) is 0. The van der Waals surface area contributed by atoms with Crippen LogP contribution in [0.25, 0.3) is 0 Å². The van der Waals surface area contributed by atoms with Gasteiger partial charge in [0, 0.05) is 28.4 Å². The van der Waals surface area contributed by atoms with Gasteiger partial charge in [-0.3, -0.25) is 0 Å². The largest absolute Gasteiger partial charge is 2.00 e. The molecule has 29 heavy (non-hydrogen) atoms. The summed E-state index contributed by atoms with van der Waals surface area (Å²) in [7, 11) is 18.6. The Morgan fingerprint density at radius 2 is 0.586 bits per heavy atom. The van der Waals surface area contributed by atoms with Gasteiger partial charge >= 0.3 is 48.9 Å². The maximum Gasteiger partial charge on any atom is 2.00 e. The Balaban J connectivity index is -0.0000000907. The second-order valence-electron chi connectivity index (χ2n) is 4.09. The van der Waals surface area contributed by atoms with E-state index in [4.69, 9.17) is 28.4 Å². The normalized spacial score (nSPS) is 10.3. The number of nitrogens with zero attached hydrogens (tertiary/aromatic N) is 2. The van der Waals surface area contributed by atoms with Gasteiger partial charge in [-0.1, -0.05) is 0 Å². The molecule has 0 aliphatic rings. The van der Waals surface area contributed by atoms with Gasteiger partial charge in [0.25, 0.3) is 0 Å². The SMILES string of the molecule is COCCOCCOC.COCCOCCOC.[BH3-][N+]([BH3-])(C)C.[BH3-][N+]([BH3-])(C)C.[Ba+2]. The monoisotopic (exact) mass is 550 g/mol. The molecule has 8 nitrogen and oxygen atoms in total. The molecule has 0 aliphatic carbocycles. The smallest absolute Gasteiger partial charge is 0.741 e. The molecule has 0 aromatic rings. The van der Waals surface area contributed by atoms with Crippen LogP contribution < -0.4 is 0 Å². The molecular weight excluding hydrogens is 497 g/mol. The fraction of sp³-hybridized carbons (Fsp3) is 1.00. The zero-order valence-corrected chi connectivity index (χ0v) is 22.1. The van der Waals surface area contributed by atoms with Crippen LogP contribution in [0.2, 0.25) is 0 Å². The van der Waals surface area contributed by atoms with Crippen molar-refractivity contribution in [2.75, 3.05) is 109 Å². The molecule has 0 N–H and O–H groups in total. The predicted octanol–water partition coefficient (Wildman–Crippen LogP) is -4.54. The van der Waals surface area contributed by atoms with Gasteiger partial charge in [0.15, 0.2) is 0 Å². The van der Waals surface area contributed by atoms with Gasteiger partial charge in [-0.05, 0) is 28.2 Å². The minimum atomic E-state index is 0. The van der Waals surface area contributed by atoms with Crippen molar-refractivity contribution in [3.05, 3.63) is 0 Å². The summed E-state index contributed by atoms with van der Waals surface area (Å²) in [5.74, 6) is 0. The summed E-state index contributed by atoms with van der Waals surface area (Å²) < 4.78 is 32.2. The zero-order chi connectivity index (χ0) is 22.9. The second-order valence-corrected chi connectivity index (χ2v) is 4.09. The average Bonchev–Trinajstić information content (AvgIpc) is 2.52. The topological polar surface area (TPSA) is 55.4 Å². The van der Waals surface area contributed by atoms with E-state index in [0.29, 0.717) is 84.8 Å². The Morgan fingerprint density at radius 3 is 0.690 bits per heavy atom. The van der Waals surface area contributed by atoms with E-state index in [0.717, 1.165) is 0 Å². The van der Waals surface area contributed by atoms with Gasteiger partial charge < -0.3 is 37.0 Å². The molecule has 13 heteroatoms. The Bertz CT molecular complexity index is 227. The number of methoxy groups -OCH3 is 4. The standard InChI is InChI=1S/2C6H14O3.2C2H12B2N.Ba/c2*1-7-3-5-9-6-4-8-2;2*1-5(2,3)4;/h2*3-6H2,1-2H3;2*1-4H3;/q;;2*-1;+2. The van der Waals surface area contributed by atoms with Crippen LogP contribution in [0, 0.1) is 0 Å². The molecule has 0 atom stereocenters. The van der Waals surface area contributed by atoms with E-state index in [2.05, 4.69) is 28.2 Å². The molecular formula is C16H52B4BaN2O6. The van der Waals surface area contributed by atoms with Crippen molar-refractivity contribution in [3.8, 4) is 0 Å². The molecule has 0 fully saturated rings. The first-order valence-electron chi connectivity index (χ1n) is 7.73. The van der Waals surface area contributed by atoms with Crippen molar-refractivity contribution in [2.45, 2.75) is 0 Å². The first kappa shape index (κ1) is 40.8. The molecule has 176 valence electrons. The summed E-state index contributed by atoms with van der Waals surface area (Å²) in [6.07, 6.45) is 0. The van der Waals surface area contributed by atoms with Gasteiger partial charge in [-0.15, -0.1) is 0 Å². The molecule has 0 saturated carbocycles. The average molecular weight is 549 g/mol. The molecule has 0 aliphatic heterocycles. The van der Waals surface area contributed by atoms with Gasteiger partial charge in [-0.2, -0.15) is 0 Å². The van der Waals surface area contributed by atoms with E-state index in [1.54, 1.807) is 28.4 Å². The summed E-state index contributed by atoms with van der Waals surface area (Å²) in [6, 6.07) is 0. The minimum Gasteiger partial charge on any atom is -0.741 e. The third-order valence-electron chi connectivity index (χ3n) is 1.73. The van der Waals surface area contributed by atoms with Crippen LogP contribution >= 0.6 is 0 Å². The molecule has 0 saturated heterocycles. The zero-order valence-electron chi connectivity index (χ0n) is 17.7. The fourth-order valence-corrected chi connectivity index (χ4v) is 0.773. The molecule has 0 unspecified atom stereocenters. The summed E-state index contributed by atoms with van der Waals surface area (Å²) in [4.78, 5) is 0. The van der Waals surface area contributed by atoms with Crippen molar-refractivity contribution >= 4 is 80.8 Å². The Hall–Kier alpha value is 1.51. The fourth-order valence-electron chi connectivity index (χ4n) is 0.773. The Labute approximate surface area is 225 Å². The molecule has 0 bridgehead atoms. The van der Waals surface area contributed by atoms with Crippen LogP contribution in [0.3, 0.4) is 0 Å². The molecule has 0 aromatic carbocycles.